The standard InChI is InChI=1S/C10H15NO/c1-8-5-4-6-9(2)11(7-8)10(3)12/h8-9H,6-7H2,1-3H3/t8-,9-/m0/s1. The molecule has 0 aliphatic carbocycles. The fraction of sp³-hybridized carbons (Fsp3) is 0.700. The van der Waals surface area contributed by atoms with E-state index in [9.17, 15) is 4.79 Å². The molecule has 0 aromatic rings. The van der Waals surface area contributed by atoms with E-state index < -0.39 is 0 Å². The Hall–Kier alpha value is -0.970. The van der Waals surface area contributed by atoms with E-state index in [0.717, 1.165) is 13.0 Å². The minimum Gasteiger partial charge on any atom is -0.338 e. The molecule has 1 aliphatic rings. The average Bonchev–Trinajstić information content (AvgIpc) is 2.13. The first-order valence-electron chi connectivity index (χ1n) is 4.37. The van der Waals surface area contributed by atoms with Gasteiger partial charge in [0.25, 0.3) is 0 Å². The lowest BCUT2D eigenvalue weighted by Crippen LogP contribution is -2.38. The van der Waals surface area contributed by atoms with Gasteiger partial charge in [0.1, 0.15) is 0 Å². The predicted molar refractivity (Wildman–Crippen MR) is 48.4 cm³/mol. The van der Waals surface area contributed by atoms with Crippen molar-refractivity contribution >= 4 is 5.91 Å². The summed E-state index contributed by atoms with van der Waals surface area (Å²) < 4.78 is 0. The predicted octanol–water partition coefficient (Wildman–Crippen LogP) is 1.27. The summed E-state index contributed by atoms with van der Waals surface area (Å²) >= 11 is 0. The molecule has 0 aromatic heterocycles. The third kappa shape index (κ3) is 2.01. The first-order chi connectivity index (χ1) is 5.61. The van der Waals surface area contributed by atoms with Gasteiger partial charge in [0.15, 0.2) is 0 Å². The number of rotatable bonds is 0. The van der Waals surface area contributed by atoms with Crippen LogP contribution >= 0.6 is 0 Å². The van der Waals surface area contributed by atoms with E-state index in [1.54, 1.807) is 6.92 Å². The Morgan fingerprint density at radius 2 is 2.17 bits per heavy atom. The molecule has 0 aromatic carbocycles. The van der Waals surface area contributed by atoms with E-state index in [4.69, 9.17) is 0 Å². The van der Waals surface area contributed by atoms with Gasteiger partial charge in [-0.15, -0.1) is 5.92 Å². The lowest BCUT2D eigenvalue weighted by Gasteiger charge is -2.26. The van der Waals surface area contributed by atoms with Gasteiger partial charge in [-0.25, -0.2) is 0 Å². The molecule has 0 bridgehead atoms. The average molecular weight is 165 g/mol. The van der Waals surface area contributed by atoms with Gasteiger partial charge < -0.3 is 4.90 Å². The second-order valence-electron chi connectivity index (χ2n) is 3.45. The van der Waals surface area contributed by atoms with Crippen molar-refractivity contribution in [2.75, 3.05) is 6.54 Å². The van der Waals surface area contributed by atoms with Crippen molar-refractivity contribution in [3.8, 4) is 11.8 Å². The molecular formula is C10H15NO. The lowest BCUT2D eigenvalue weighted by molar-refractivity contribution is -0.131. The molecule has 0 spiro atoms. The zero-order chi connectivity index (χ0) is 9.14. The van der Waals surface area contributed by atoms with Crippen LogP contribution in [0, 0.1) is 17.8 Å². The molecule has 2 nitrogen and oxygen atoms in total. The van der Waals surface area contributed by atoms with E-state index in [-0.39, 0.29) is 11.9 Å². The molecule has 12 heavy (non-hydrogen) atoms. The second kappa shape index (κ2) is 3.62. The summed E-state index contributed by atoms with van der Waals surface area (Å²) in [6.45, 7) is 6.51. The van der Waals surface area contributed by atoms with Gasteiger partial charge in [0, 0.05) is 31.8 Å². The first kappa shape index (κ1) is 9.12. The number of carbonyl (C=O) groups excluding carboxylic acids is 1. The zero-order valence-corrected chi connectivity index (χ0v) is 7.92. The number of amides is 1. The molecular weight excluding hydrogens is 150 g/mol. The third-order valence-corrected chi connectivity index (χ3v) is 2.15. The number of hydrogen-bond acceptors (Lipinski definition) is 1. The molecule has 0 fully saturated rings. The van der Waals surface area contributed by atoms with Crippen molar-refractivity contribution in [3.63, 3.8) is 0 Å². The van der Waals surface area contributed by atoms with Gasteiger partial charge >= 0.3 is 0 Å². The summed E-state index contributed by atoms with van der Waals surface area (Å²) in [4.78, 5) is 13.1. The van der Waals surface area contributed by atoms with Crippen LogP contribution in [0.25, 0.3) is 0 Å². The molecule has 1 rings (SSSR count). The van der Waals surface area contributed by atoms with Crippen molar-refractivity contribution in [1.29, 1.82) is 0 Å². The van der Waals surface area contributed by atoms with E-state index in [1.807, 2.05) is 11.8 Å². The van der Waals surface area contributed by atoms with Gasteiger partial charge in [-0.3, -0.25) is 4.79 Å². The largest absolute Gasteiger partial charge is 0.338 e. The van der Waals surface area contributed by atoms with Gasteiger partial charge in [-0.1, -0.05) is 5.92 Å². The van der Waals surface area contributed by atoms with Gasteiger partial charge in [0.05, 0.1) is 0 Å². The molecule has 0 saturated heterocycles. The van der Waals surface area contributed by atoms with Crippen molar-refractivity contribution in [1.82, 2.24) is 4.90 Å². The summed E-state index contributed by atoms with van der Waals surface area (Å²) in [7, 11) is 0. The van der Waals surface area contributed by atoms with Crippen LogP contribution in [0.15, 0.2) is 0 Å². The topological polar surface area (TPSA) is 20.3 Å². The smallest absolute Gasteiger partial charge is 0.219 e. The quantitative estimate of drug-likeness (QED) is 0.495. The Morgan fingerprint density at radius 1 is 1.50 bits per heavy atom. The maximum atomic E-state index is 11.2. The highest BCUT2D eigenvalue weighted by Gasteiger charge is 2.19. The lowest BCUT2D eigenvalue weighted by atomic mass is 10.2. The Bertz CT molecular complexity index is 236. The highest BCUT2D eigenvalue weighted by molar-refractivity contribution is 5.73. The van der Waals surface area contributed by atoms with Crippen molar-refractivity contribution < 1.29 is 4.79 Å². The molecule has 0 N–H and O–H groups in total. The normalized spacial score (nSPS) is 28.8. The van der Waals surface area contributed by atoms with E-state index in [2.05, 4.69) is 18.8 Å². The van der Waals surface area contributed by atoms with Crippen LogP contribution in [0.5, 0.6) is 0 Å². The summed E-state index contributed by atoms with van der Waals surface area (Å²) in [6.07, 6.45) is 0.809. The summed E-state index contributed by atoms with van der Waals surface area (Å²) in [6, 6.07) is 0.278. The number of nitrogens with zero attached hydrogens (tertiary/aromatic N) is 1. The Morgan fingerprint density at radius 3 is 2.75 bits per heavy atom. The molecule has 0 radical (unpaired) electrons. The zero-order valence-electron chi connectivity index (χ0n) is 7.92. The molecule has 0 saturated carbocycles. The first-order valence-corrected chi connectivity index (χ1v) is 4.37. The maximum absolute atomic E-state index is 11.2. The van der Waals surface area contributed by atoms with Crippen molar-refractivity contribution in [3.05, 3.63) is 0 Å². The number of carbonyl (C=O) groups is 1. The Labute approximate surface area is 73.9 Å². The Kier molecular flexibility index (Phi) is 2.75. The van der Waals surface area contributed by atoms with Gasteiger partial charge in [-0.05, 0) is 13.8 Å². The van der Waals surface area contributed by atoms with Crippen LogP contribution in [0.1, 0.15) is 27.2 Å². The third-order valence-electron chi connectivity index (χ3n) is 2.15. The highest BCUT2D eigenvalue weighted by Crippen LogP contribution is 2.10. The number of hydrogen-bond donors (Lipinski definition) is 0. The molecule has 0 unspecified atom stereocenters. The summed E-state index contributed by atoms with van der Waals surface area (Å²) in [5.41, 5.74) is 0. The van der Waals surface area contributed by atoms with Gasteiger partial charge in [-0.2, -0.15) is 0 Å². The van der Waals surface area contributed by atoms with Crippen LogP contribution in [-0.2, 0) is 4.79 Å². The Balaban J connectivity index is 2.69. The SMILES string of the molecule is CC(=O)N1C[C@@H](C)C#CC[C@@H]1C. The molecule has 2 heteroatoms. The minimum atomic E-state index is 0.153. The van der Waals surface area contributed by atoms with Crippen LogP contribution in [0.3, 0.4) is 0 Å². The minimum absolute atomic E-state index is 0.153. The van der Waals surface area contributed by atoms with Crippen molar-refractivity contribution in [2.45, 2.75) is 33.2 Å². The van der Waals surface area contributed by atoms with Crippen LogP contribution in [0.4, 0.5) is 0 Å². The molecule has 1 heterocycles. The molecule has 66 valence electrons. The fourth-order valence-electron chi connectivity index (χ4n) is 1.45. The van der Waals surface area contributed by atoms with Crippen LogP contribution < -0.4 is 0 Å². The molecule has 2 atom stereocenters. The fourth-order valence-corrected chi connectivity index (χ4v) is 1.45. The highest BCUT2D eigenvalue weighted by atomic mass is 16.2. The van der Waals surface area contributed by atoms with E-state index in [1.165, 1.54) is 0 Å². The van der Waals surface area contributed by atoms with Gasteiger partial charge in [0.2, 0.25) is 5.91 Å². The summed E-state index contributed by atoms with van der Waals surface area (Å²) in [5, 5.41) is 0. The van der Waals surface area contributed by atoms with E-state index in [0.29, 0.717) is 5.92 Å². The summed E-state index contributed by atoms with van der Waals surface area (Å²) in [5.74, 6) is 6.67. The van der Waals surface area contributed by atoms with Crippen molar-refractivity contribution in [2.24, 2.45) is 5.92 Å². The second-order valence-corrected chi connectivity index (χ2v) is 3.45. The molecule has 1 amide bonds. The van der Waals surface area contributed by atoms with Crippen LogP contribution in [0.2, 0.25) is 0 Å². The van der Waals surface area contributed by atoms with Crippen LogP contribution in [-0.4, -0.2) is 23.4 Å². The monoisotopic (exact) mass is 165 g/mol. The van der Waals surface area contributed by atoms with E-state index >= 15 is 0 Å². The molecule has 1 aliphatic heterocycles. The maximum Gasteiger partial charge on any atom is 0.219 e.